The van der Waals surface area contributed by atoms with Crippen molar-refractivity contribution < 1.29 is 4.39 Å². The van der Waals surface area contributed by atoms with Crippen molar-refractivity contribution in [1.29, 1.82) is 0 Å². The lowest BCUT2D eigenvalue weighted by Crippen LogP contribution is -2.06. The first-order chi connectivity index (χ1) is 8.58. The van der Waals surface area contributed by atoms with Gasteiger partial charge in [-0.3, -0.25) is 0 Å². The van der Waals surface area contributed by atoms with Gasteiger partial charge in [0, 0.05) is 12.1 Å². The molecule has 0 fully saturated rings. The Morgan fingerprint density at radius 3 is 2.56 bits per heavy atom. The quantitative estimate of drug-likeness (QED) is 0.809. The summed E-state index contributed by atoms with van der Waals surface area (Å²) in [4.78, 5) is 0. The summed E-state index contributed by atoms with van der Waals surface area (Å²) >= 11 is 0. The first-order valence-electron chi connectivity index (χ1n) is 5.92. The van der Waals surface area contributed by atoms with Gasteiger partial charge in [-0.25, -0.2) is 4.39 Å². The summed E-state index contributed by atoms with van der Waals surface area (Å²) in [5, 5.41) is 3.20. The highest BCUT2D eigenvalue weighted by atomic mass is 19.1. The van der Waals surface area contributed by atoms with Gasteiger partial charge in [-0.1, -0.05) is 24.3 Å². The van der Waals surface area contributed by atoms with Gasteiger partial charge in [0.1, 0.15) is 5.82 Å². The van der Waals surface area contributed by atoms with Gasteiger partial charge in [-0.05, 0) is 37.1 Å². The fourth-order valence-corrected chi connectivity index (χ4v) is 2.07. The number of nitrogens with one attached hydrogen (secondary N) is 1. The Balaban J connectivity index is 2.19. The molecular weight excluding hydrogens is 227 g/mol. The summed E-state index contributed by atoms with van der Waals surface area (Å²) in [7, 11) is 0. The molecule has 0 unspecified atom stereocenters. The minimum absolute atomic E-state index is 0.201. The molecule has 94 valence electrons. The summed E-state index contributed by atoms with van der Waals surface area (Å²) in [6, 6.07) is 10.7. The Hall–Kier alpha value is -2.03. The normalized spacial score (nSPS) is 10.4. The van der Waals surface area contributed by atoms with Gasteiger partial charge in [-0.2, -0.15) is 0 Å². The molecule has 0 saturated carbocycles. The van der Waals surface area contributed by atoms with Crippen LogP contribution in [0.5, 0.6) is 0 Å². The van der Waals surface area contributed by atoms with Crippen LogP contribution in [0.1, 0.15) is 16.7 Å². The van der Waals surface area contributed by atoms with Crippen LogP contribution in [0.4, 0.5) is 15.8 Å². The molecule has 2 aromatic carbocycles. The van der Waals surface area contributed by atoms with Crippen LogP contribution in [-0.4, -0.2) is 0 Å². The molecule has 2 rings (SSSR count). The van der Waals surface area contributed by atoms with Crippen molar-refractivity contribution in [2.24, 2.45) is 0 Å². The van der Waals surface area contributed by atoms with Gasteiger partial charge in [0.25, 0.3) is 0 Å². The van der Waals surface area contributed by atoms with Crippen LogP contribution < -0.4 is 11.1 Å². The second-order valence-corrected chi connectivity index (χ2v) is 4.49. The molecule has 0 saturated heterocycles. The second kappa shape index (κ2) is 5.08. The fraction of sp³-hybridized carbons (Fsp3) is 0.200. The Kier molecular flexibility index (Phi) is 3.51. The van der Waals surface area contributed by atoms with Crippen molar-refractivity contribution in [2.75, 3.05) is 11.1 Å². The molecule has 0 heterocycles. The maximum absolute atomic E-state index is 13.5. The summed E-state index contributed by atoms with van der Waals surface area (Å²) < 4.78 is 13.5. The number of hydrogen-bond donors (Lipinski definition) is 2. The van der Waals surface area contributed by atoms with Crippen LogP contribution >= 0.6 is 0 Å². The van der Waals surface area contributed by atoms with E-state index in [1.807, 2.05) is 26.0 Å². The van der Waals surface area contributed by atoms with E-state index in [0.29, 0.717) is 17.8 Å². The number of benzene rings is 2. The maximum Gasteiger partial charge on any atom is 0.128 e. The van der Waals surface area contributed by atoms with Gasteiger partial charge < -0.3 is 11.1 Å². The molecule has 2 aromatic rings. The number of hydrogen-bond acceptors (Lipinski definition) is 2. The molecule has 18 heavy (non-hydrogen) atoms. The standard InChI is InChI=1S/C15H17FN2/c1-10-7-11(2)15(14(17)8-10)18-9-12-5-3-4-6-13(12)16/h3-8,18H,9,17H2,1-2H3. The zero-order chi connectivity index (χ0) is 13.1. The van der Waals surface area contributed by atoms with Crippen LogP contribution in [-0.2, 0) is 6.54 Å². The predicted molar refractivity (Wildman–Crippen MR) is 74.1 cm³/mol. The Morgan fingerprint density at radius 1 is 1.17 bits per heavy atom. The molecule has 0 aromatic heterocycles. The number of halogens is 1. The summed E-state index contributed by atoms with van der Waals surface area (Å²) in [6.07, 6.45) is 0. The molecular formula is C15H17FN2. The highest BCUT2D eigenvalue weighted by Crippen LogP contribution is 2.25. The summed E-state index contributed by atoms with van der Waals surface area (Å²) in [5.41, 5.74) is 10.4. The van der Waals surface area contributed by atoms with Gasteiger partial charge in [0.2, 0.25) is 0 Å². The lowest BCUT2D eigenvalue weighted by molar-refractivity contribution is 0.613. The third-order valence-corrected chi connectivity index (χ3v) is 2.92. The molecule has 0 spiro atoms. The lowest BCUT2D eigenvalue weighted by atomic mass is 10.1. The van der Waals surface area contributed by atoms with Crippen LogP contribution in [0, 0.1) is 19.7 Å². The molecule has 3 heteroatoms. The van der Waals surface area contributed by atoms with Gasteiger partial charge in [-0.15, -0.1) is 0 Å². The van der Waals surface area contributed by atoms with Gasteiger partial charge >= 0.3 is 0 Å². The van der Waals surface area contributed by atoms with Crippen molar-refractivity contribution in [3.8, 4) is 0 Å². The maximum atomic E-state index is 13.5. The molecule has 0 amide bonds. The predicted octanol–water partition coefficient (Wildman–Crippen LogP) is 3.64. The zero-order valence-corrected chi connectivity index (χ0v) is 10.6. The molecule has 0 aliphatic heterocycles. The van der Waals surface area contributed by atoms with Crippen LogP contribution in [0.3, 0.4) is 0 Å². The molecule has 0 aliphatic rings. The third kappa shape index (κ3) is 2.62. The Morgan fingerprint density at radius 2 is 1.89 bits per heavy atom. The van der Waals surface area contributed by atoms with E-state index in [1.54, 1.807) is 12.1 Å². The molecule has 0 radical (unpaired) electrons. The van der Waals surface area contributed by atoms with E-state index < -0.39 is 0 Å². The van der Waals surface area contributed by atoms with Crippen LogP contribution in [0.15, 0.2) is 36.4 Å². The van der Waals surface area contributed by atoms with Crippen molar-refractivity contribution in [1.82, 2.24) is 0 Å². The zero-order valence-electron chi connectivity index (χ0n) is 10.6. The summed E-state index contributed by atoms with van der Waals surface area (Å²) in [5.74, 6) is -0.201. The molecule has 0 atom stereocenters. The van der Waals surface area contributed by atoms with E-state index >= 15 is 0 Å². The lowest BCUT2D eigenvalue weighted by Gasteiger charge is -2.13. The van der Waals surface area contributed by atoms with E-state index in [1.165, 1.54) is 6.07 Å². The number of nitrogen functional groups attached to an aromatic ring is 1. The number of aryl methyl sites for hydroxylation is 2. The van der Waals surface area contributed by atoms with E-state index in [9.17, 15) is 4.39 Å². The van der Waals surface area contributed by atoms with Crippen molar-refractivity contribution in [3.63, 3.8) is 0 Å². The molecule has 3 N–H and O–H groups in total. The van der Waals surface area contributed by atoms with E-state index in [-0.39, 0.29) is 5.82 Å². The third-order valence-electron chi connectivity index (χ3n) is 2.92. The van der Waals surface area contributed by atoms with E-state index in [4.69, 9.17) is 5.73 Å². The Bertz CT molecular complexity index is 541. The van der Waals surface area contributed by atoms with Gasteiger partial charge in [0.15, 0.2) is 0 Å². The average molecular weight is 244 g/mol. The molecule has 0 bridgehead atoms. The summed E-state index contributed by atoms with van der Waals surface area (Å²) in [6.45, 7) is 4.43. The SMILES string of the molecule is Cc1cc(C)c(NCc2ccccc2F)c(N)c1. The number of nitrogens with two attached hydrogens (primary N) is 1. The Labute approximate surface area is 107 Å². The monoisotopic (exact) mass is 244 g/mol. The van der Waals surface area contributed by atoms with Gasteiger partial charge in [0.05, 0.1) is 11.4 Å². The van der Waals surface area contributed by atoms with Crippen molar-refractivity contribution in [2.45, 2.75) is 20.4 Å². The minimum Gasteiger partial charge on any atom is -0.397 e. The number of anilines is 2. The first kappa shape index (κ1) is 12.4. The fourth-order valence-electron chi connectivity index (χ4n) is 2.07. The second-order valence-electron chi connectivity index (χ2n) is 4.49. The first-order valence-corrected chi connectivity index (χ1v) is 5.92. The smallest absolute Gasteiger partial charge is 0.128 e. The van der Waals surface area contributed by atoms with E-state index in [0.717, 1.165) is 16.8 Å². The minimum atomic E-state index is -0.201. The van der Waals surface area contributed by atoms with Crippen LogP contribution in [0.25, 0.3) is 0 Å². The van der Waals surface area contributed by atoms with E-state index in [2.05, 4.69) is 11.4 Å². The topological polar surface area (TPSA) is 38.0 Å². The highest BCUT2D eigenvalue weighted by molar-refractivity contribution is 5.71. The van der Waals surface area contributed by atoms with Crippen molar-refractivity contribution >= 4 is 11.4 Å². The molecule has 2 nitrogen and oxygen atoms in total. The largest absolute Gasteiger partial charge is 0.397 e. The van der Waals surface area contributed by atoms with Crippen molar-refractivity contribution in [3.05, 3.63) is 58.9 Å². The average Bonchev–Trinajstić information content (AvgIpc) is 2.30. The van der Waals surface area contributed by atoms with Crippen LogP contribution in [0.2, 0.25) is 0 Å². The molecule has 0 aliphatic carbocycles. The highest BCUT2D eigenvalue weighted by Gasteiger charge is 2.05. The number of rotatable bonds is 3.